The van der Waals surface area contributed by atoms with Gasteiger partial charge in [-0.05, 0) is 48.2 Å². The Labute approximate surface area is 179 Å². The molecule has 7 heteroatoms. The van der Waals surface area contributed by atoms with Crippen LogP contribution in [0.25, 0.3) is 0 Å². The molecule has 156 valence electrons. The molecule has 1 fully saturated rings. The fourth-order valence-corrected chi connectivity index (χ4v) is 4.44. The molecule has 2 aromatic carbocycles. The Morgan fingerprint density at radius 3 is 2.58 bits per heavy atom. The molecule has 0 radical (unpaired) electrons. The average molecular weight is 415 g/mol. The average Bonchev–Trinajstić information content (AvgIpc) is 3.49. The largest absolute Gasteiger partial charge is 0.467 e. The monoisotopic (exact) mass is 415 g/mol. The lowest BCUT2D eigenvalue weighted by Crippen LogP contribution is -2.45. The van der Waals surface area contributed by atoms with Crippen LogP contribution in [0.2, 0.25) is 0 Å². The number of aryl methyl sites for hydroxylation is 1. The predicted octanol–water partition coefficient (Wildman–Crippen LogP) is 3.21. The van der Waals surface area contributed by atoms with Crippen molar-refractivity contribution in [2.24, 2.45) is 0 Å². The lowest BCUT2D eigenvalue weighted by Gasteiger charge is -2.25. The molecule has 1 N–H and O–H groups in total. The van der Waals surface area contributed by atoms with E-state index in [0.29, 0.717) is 24.3 Å². The van der Waals surface area contributed by atoms with E-state index in [1.807, 2.05) is 42.5 Å². The molecule has 7 nitrogen and oxygen atoms in total. The summed E-state index contributed by atoms with van der Waals surface area (Å²) in [5.74, 6) is -0.133. The molecule has 3 aromatic rings. The van der Waals surface area contributed by atoms with Crippen LogP contribution >= 0.6 is 0 Å². The molecule has 5 rings (SSSR count). The highest BCUT2D eigenvalue weighted by Gasteiger charge is 2.55. The summed E-state index contributed by atoms with van der Waals surface area (Å²) in [4.78, 5) is 42.0. The maximum atomic E-state index is 13.4. The van der Waals surface area contributed by atoms with Crippen molar-refractivity contribution in [2.75, 3.05) is 11.4 Å². The molecule has 1 aliphatic heterocycles. The number of anilines is 1. The van der Waals surface area contributed by atoms with Crippen molar-refractivity contribution in [3.63, 3.8) is 0 Å². The summed E-state index contributed by atoms with van der Waals surface area (Å²) in [5, 5.41) is 2.86. The Morgan fingerprint density at radius 2 is 1.81 bits per heavy atom. The van der Waals surface area contributed by atoms with E-state index < -0.39 is 11.6 Å². The van der Waals surface area contributed by atoms with Gasteiger partial charge in [-0.25, -0.2) is 4.79 Å². The minimum Gasteiger partial charge on any atom is -0.467 e. The molecule has 1 aromatic heterocycles. The van der Waals surface area contributed by atoms with Crippen LogP contribution in [-0.4, -0.2) is 29.3 Å². The summed E-state index contributed by atoms with van der Waals surface area (Å²) in [6.07, 6.45) is 2.75. The van der Waals surface area contributed by atoms with Crippen LogP contribution in [0.1, 0.15) is 23.3 Å². The molecular formula is C24H21N3O4. The normalized spacial score (nSPS) is 19.5. The van der Waals surface area contributed by atoms with Gasteiger partial charge < -0.3 is 14.6 Å². The van der Waals surface area contributed by atoms with Gasteiger partial charge in [0.05, 0.1) is 12.8 Å². The van der Waals surface area contributed by atoms with Gasteiger partial charge in [-0.15, -0.1) is 0 Å². The zero-order valence-corrected chi connectivity index (χ0v) is 16.8. The number of benzene rings is 2. The predicted molar refractivity (Wildman–Crippen MR) is 113 cm³/mol. The number of nitrogens with one attached hydrogen (secondary N) is 1. The van der Waals surface area contributed by atoms with Crippen LogP contribution in [0, 0.1) is 0 Å². The minimum absolute atomic E-state index is 0.202. The van der Waals surface area contributed by atoms with Gasteiger partial charge >= 0.3 is 6.03 Å². The molecule has 2 aliphatic rings. The molecule has 2 heterocycles. The first-order valence-electron chi connectivity index (χ1n) is 10.2. The fourth-order valence-electron chi connectivity index (χ4n) is 4.44. The third-order valence-corrected chi connectivity index (χ3v) is 5.98. The van der Waals surface area contributed by atoms with Gasteiger partial charge in [0.25, 0.3) is 5.91 Å². The lowest BCUT2D eigenvalue weighted by molar-refractivity contribution is -0.134. The van der Waals surface area contributed by atoms with Crippen molar-refractivity contribution in [1.29, 1.82) is 0 Å². The van der Waals surface area contributed by atoms with E-state index in [1.165, 1.54) is 4.90 Å². The smallest absolute Gasteiger partial charge is 0.325 e. The number of urea groups is 1. The molecule has 0 bridgehead atoms. The van der Waals surface area contributed by atoms with Crippen LogP contribution in [0.15, 0.2) is 77.4 Å². The molecular weight excluding hydrogens is 394 g/mol. The van der Waals surface area contributed by atoms with Crippen LogP contribution in [0.3, 0.4) is 0 Å². The number of rotatable bonds is 5. The summed E-state index contributed by atoms with van der Waals surface area (Å²) < 4.78 is 5.41. The van der Waals surface area contributed by atoms with Crippen molar-refractivity contribution in [2.45, 2.75) is 24.9 Å². The standard InChI is InChI=1S/C24H21N3O4/c28-21(26(15-19-10-6-14-31-19)18-8-2-1-3-9-18)16-27-22(29)24(25-23(27)30)13-12-17-7-4-5-11-20(17)24/h1-11,14H,12-13,15-16H2,(H,25,30). The summed E-state index contributed by atoms with van der Waals surface area (Å²) >= 11 is 0. The second-order valence-corrected chi connectivity index (χ2v) is 7.78. The van der Waals surface area contributed by atoms with Crippen LogP contribution in [-0.2, 0) is 28.1 Å². The summed E-state index contributed by atoms with van der Waals surface area (Å²) in [6, 6.07) is 19.7. The topological polar surface area (TPSA) is 82.9 Å². The number of furan rings is 1. The first kappa shape index (κ1) is 19.1. The Kier molecular flexibility index (Phi) is 4.58. The van der Waals surface area contributed by atoms with E-state index in [4.69, 9.17) is 4.42 Å². The maximum absolute atomic E-state index is 13.4. The lowest BCUT2D eigenvalue weighted by atomic mass is 9.92. The molecule has 1 aliphatic carbocycles. The van der Waals surface area contributed by atoms with Crippen molar-refractivity contribution in [3.05, 3.63) is 89.9 Å². The van der Waals surface area contributed by atoms with Gasteiger partial charge in [-0.3, -0.25) is 14.5 Å². The van der Waals surface area contributed by atoms with Gasteiger partial charge in [0.2, 0.25) is 5.91 Å². The van der Waals surface area contributed by atoms with Gasteiger partial charge in [0, 0.05) is 5.69 Å². The Bertz CT molecular complexity index is 1140. The zero-order valence-electron chi connectivity index (χ0n) is 16.8. The first-order valence-corrected chi connectivity index (χ1v) is 10.2. The molecule has 0 saturated carbocycles. The second-order valence-electron chi connectivity index (χ2n) is 7.78. The Hall–Kier alpha value is -3.87. The highest BCUT2D eigenvalue weighted by atomic mass is 16.3. The highest BCUT2D eigenvalue weighted by Crippen LogP contribution is 2.41. The third-order valence-electron chi connectivity index (χ3n) is 5.98. The molecule has 1 atom stereocenters. The van der Waals surface area contributed by atoms with Crippen LogP contribution in [0.4, 0.5) is 10.5 Å². The van der Waals surface area contributed by atoms with Gasteiger partial charge in [0.15, 0.2) is 0 Å². The van der Waals surface area contributed by atoms with Crippen molar-refractivity contribution in [3.8, 4) is 0 Å². The number of imide groups is 1. The summed E-state index contributed by atoms with van der Waals surface area (Å²) in [6.45, 7) is -0.141. The molecule has 1 unspecified atom stereocenters. The van der Waals surface area contributed by atoms with Crippen LogP contribution in [0.5, 0.6) is 0 Å². The SMILES string of the molecule is O=C1NC2(CCc3ccccc32)C(=O)N1CC(=O)N(Cc1ccco1)c1ccccc1. The van der Waals surface area contributed by atoms with Crippen molar-refractivity contribution >= 4 is 23.5 Å². The molecule has 1 spiro atoms. The van der Waals surface area contributed by atoms with Gasteiger partial charge in [-0.1, -0.05) is 42.5 Å². The molecule has 31 heavy (non-hydrogen) atoms. The second kappa shape index (κ2) is 7.43. The van der Waals surface area contributed by atoms with Crippen molar-refractivity contribution < 1.29 is 18.8 Å². The number of amides is 4. The van der Waals surface area contributed by atoms with Gasteiger partial charge in [0.1, 0.15) is 17.8 Å². The number of hydrogen-bond acceptors (Lipinski definition) is 4. The Balaban J connectivity index is 1.41. The van der Waals surface area contributed by atoms with E-state index in [2.05, 4.69) is 5.32 Å². The zero-order chi connectivity index (χ0) is 21.4. The van der Waals surface area contributed by atoms with Gasteiger partial charge in [-0.2, -0.15) is 0 Å². The maximum Gasteiger partial charge on any atom is 0.325 e. The van der Waals surface area contributed by atoms with Crippen LogP contribution < -0.4 is 10.2 Å². The third kappa shape index (κ3) is 3.18. The van der Waals surface area contributed by atoms with E-state index >= 15 is 0 Å². The van der Waals surface area contributed by atoms with E-state index in [1.54, 1.807) is 30.5 Å². The number of carbonyl (C=O) groups is 3. The van der Waals surface area contributed by atoms with Crippen molar-refractivity contribution in [1.82, 2.24) is 10.2 Å². The van der Waals surface area contributed by atoms with E-state index in [9.17, 15) is 14.4 Å². The first-order chi connectivity index (χ1) is 15.1. The summed E-state index contributed by atoms with van der Waals surface area (Å²) in [5.41, 5.74) is 1.45. The highest BCUT2D eigenvalue weighted by molar-refractivity contribution is 6.11. The molecule has 4 amide bonds. The van der Waals surface area contributed by atoms with E-state index in [-0.39, 0.29) is 24.9 Å². The number of nitrogens with zero attached hydrogens (tertiary/aromatic N) is 2. The molecule has 1 saturated heterocycles. The number of hydrogen-bond donors (Lipinski definition) is 1. The number of carbonyl (C=O) groups excluding carboxylic acids is 3. The fraction of sp³-hybridized carbons (Fsp3) is 0.208. The van der Waals surface area contributed by atoms with E-state index in [0.717, 1.165) is 16.0 Å². The Morgan fingerprint density at radius 1 is 1.03 bits per heavy atom. The minimum atomic E-state index is -1.08. The number of para-hydroxylation sites is 1. The number of fused-ring (bicyclic) bond motifs is 2. The quantitative estimate of drug-likeness (QED) is 0.649. The summed E-state index contributed by atoms with van der Waals surface area (Å²) in [7, 11) is 0.